The number of likely N-dealkylation sites (tertiary alicyclic amines) is 1. The van der Waals surface area contributed by atoms with Crippen molar-refractivity contribution in [1.29, 1.82) is 0 Å². The number of aromatic nitrogens is 1. The van der Waals surface area contributed by atoms with Gasteiger partial charge in [0, 0.05) is 31.5 Å². The van der Waals surface area contributed by atoms with Gasteiger partial charge in [-0.15, -0.1) is 0 Å². The van der Waals surface area contributed by atoms with Crippen molar-refractivity contribution in [3.8, 4) is 0 Å². The zero-order valence-electron chi connectivity index (χ0n) is 11.9. The minimum absolute atomic E-state index is 0.247. The van der Waals surface area contributed by atoms with Gasteiger partial charge in [-0.2, -0.15) is 0 Å². The maximum Gasteiger partial charge on any atom is 0.226 e. The number of nitrogens with one attached hydrogen (secondary N) is 1. The van der Waals surface area contributed by atoms with Crippen molar-refractivity contribution in [2.75, 3.05) is 19.6 Å². The molecule has 3 rings (SSSR count). The third kappa shape index (κ3) is 3.79. The van der Waals surface area contributed by atoms with Crippen molar-refractivity contribution in [2.45, 2.75) is 38.1 Å². The highest BCUT2D eigenvalue weighted by Crippen LogP contribution is 2.28. The Morgan fingerprint density at radius 2 is 1.90 bits per heavy atom. The van der Waals surface area contributed by atoms with Gasteiger partial charge in [0.2, 0.25) is 5.91 Å². The van der Waals surface area contributed by atoms with E-state index in [4.69, 9.17) is 0 Å². The topological polar surface area (TPSA) is 45.2 Å². The minimum Gasteiger partial charge on any atom is -0.342 e. The van der Waals surface area contributed by atoms with Crippen molar-refractivity contribution >= 4 is 5.91 Å². The molecule has 1 amide bonds. The number of carbonyl (C=O) groups is 1. The smallest absolute Gasteiger partial charge is 0.226 e. The molecule has 0 spiro atoms. The van der Waals surface area contributed by atoms with Crippen molar-refractivity contribution in [3.63, 3.8) is 0 Å². The molecule has 0 radical (unpaired) electrons. The molecule has 1 aliphatic heterocycles. The minimum atomic E-state index is 0.247. The van der Waals surface area contributed by atoms with E-state index in [1.807, 2.05) is 17.0 Å². The summed E-state index contributed by atoms with van der Waals surface area (Å²) in [5, 5.41) is 3.65. The Labute approximate surface area is 120 Å². The van der Waals surface area contributed by atoms with Gasteiger partial charge < -0.3 is 10.2 Å². The van der Waals surface area contributed by atoms with E-state index < -0.39 is 0 Å². The van der Waals surface area contributed by atoms with E-state index in [0.29, 0.717) is 12.5 Å². The molecule has 1 N–H and O–H groups in total. The van der Waals surface area contributed by atoms with Crippen molar-refractivity contribution < 1.29 is 4.79 Å². The number of pyridine rings is 1. The van der Waals surface area contributed by atoms with Gasteiger partial charge in [-0.25, -0.2) is 0 Å². The molecule has 0 aromatic carbocycles. The summed E-state index contributed by atoms with van der Waals surface area (Å²) in [6.07, 6.45) is 8.98. The Kier molecular flexibility index (Phi) is 4.31. The number of carbonyl (C=O) groups excluding carboxylic acids is 1. The zero-order chi connectivity index (χ0) is 13.8. The van der Waals surface area contributed by atoms with Crippen LogP contribution >= 0.6 is 0 Å². The van der Waals surface area contributed by atoms with Crippen LogP contribution in [0.5, 0.6) is 0 Å². The summed E-state index contributed by atoms with van der Waals surface area (Å²) in [4.78, 5) is 18.2. The molecule has 4 heteroatoms. The first-order chi connectivity index (χ1) is 9.81. The molecule has 1 aromatic rings. The molecular formula is C16H23N3O. The third-order valence-corrected chi connectivity index (χ3v) is 4.34. The molecule has 1 aromatic heterocycles. The second-order valence-electron chi connectivity index (χ2n) is 6.04. The molecule has 0 atom stereocenters. The maximum atomic E-state index is 12.2. The molecule has 1 saturated carbocycles. The predicted molar refractivity (Wildman–Crippen MR) is 78.3 cm³/mol. The van der Waals surface area contributed by atoms with Crippen LogP contribution in [0.15, 0.2) is 24.5 Å². The summed E-state index contributed by atoms with van der Waals surface area (Å²) >= 11 is 0. The molecule has 108 valence electrons. The zero-order valence-corrected chi connectivity index (χ0v) is 11.9. The first-order valence-corrected chi connectivity index (χ1v) is 7.71. The SMILES string of the molecule is O=C(Cc1ccncc1)N1CCC(NCC2CC2)CC1. The van der Waals surface area contributed by atoms with Gasteiger partial charge in [-0.1, -0.05) is 0 Å². The number of nitrogens with zero attached hydrogens (tertiary/aromatic N) is 2. The van der Waals surface area contributed by atoms with Crippen LogP contribution in [0.4, 0.5) is 0 Å². The lowest BCUT2D eigenvalue weighted by molar-refractivity contribution is -0.131. The first-order valence-electron chi connectivity index (χ1n) is 7.71. The number of amides is 1. The molecule has 4 nitrogen and oxygen atoms in total. The van der Waals surface area contributed by atoms with Crippen LogP contribution in [0, 0.1) is 5.92 Å². The van der Waals surface area contributed by atoms with E-state index in [1.165, 1.54) is 19.4 Å². The summed E-state index contributed by atoms with van der Waals surface area (Å²) in [5.41, 5.74) is 1.05. The fraction of sp³-hybridized carbons (Fsp3) is 0.625. The molecule has 2 heterocycles. The van der Waals surface area contributed by atoms with Gasteiger partial charge in [0.25, 0.3) is 0 Å². The first kappa shape index (κ1) is 13.6. The van der Waals surface area contributed by atoms with Crippen LogP contribution in [0.1, 0.15) is 31.2 Å². The Morgan fingerprint density at radius 3 is 2.55 bits per heavy atom. The number of hydrogen-bond donors (Lipinski definition) is 1. The number of rotatable bonds is 5. The highest BCUT2D eigenvalue weighted by molar-refractivity contribution is 5.78. The second kappa shape index (κ2) is 6.35. The van der Waals surface area contributed by atoms with E-state index in [1.54, 1.807) is 12.4 Å². The second-order valence-corrected chi connectivity index (χ2v) is 6.04. The van der Waals surface area contributed by atoms with E-state index in [9.17, 15) is 4.79 Å². The van der Waals surface area contributed by atoms with Gasteiger partial charge in [-0.3, -0.25) is 9.78 Å². The molecule has 0 bridgehead atoms. The van der Waals surface area contributed by atoms with Gasteiger partial charge in [0.1, 0.15) is 0 Å². The average Bonchev–Trinajstić information content (AvgIpc) is 3.31. The quantitative estimate of drug-likeness (QED) is 0.886. The molecule has 1 saturated heterocycles. The van der Waals surface area contributed by atoms with Crippen molar-refractivity contribution in [2.24, 2.45) is 5.92 Å². The average molecular weight is 273 g/mol. The molecule has 20 heavy (non-hydrogen) atoms. The molecule has 0 unspecified atom stereocenters. The standard InChI is InChI=1S/C16H23N3O/c20-16(11-13-3-7-17-8-4-13)19-9-5-15(6-10-19)18-12-14-1-2-14/h3-4,7-8,14-15,18H,1-2,5-6,9-12H2. The summed E-state index contributed by atoms with van der Waals surface area (Å²) in [7, 11) is 0. The third-order valence-electron chi connectivity index (χ3n) is 4.34. The summed E-state index contributed by atoms with van der Waals surface area (Å²) in [5.74, 6) is 1.18. The Balaban J connectivity index is 1.41. The Morgan fingerprint density at radius 1 is 1.20 bits per heavy atom. The van der Waals surface area contributed by atoms with Crippen LogP contribution in [0.25, 0.3) is 0 Å². The van der Waals surface area contributed by atoms with Gasteiger partial charge >= 0.3 is 0 Å². The van der Waals surface area contributed by atoms with E-state index in [0.717, 1.165) is 37.4 Å². The highest BCUT2D eigenvalue weighted by atomic mass is 16.2. The Bertz CT molecular complexity index is 436. The highest BCUT2D eigenvalue weighted by Gasteiger charge is 2.25. The summed E-state index contributed by atoms with van der Waals surface area (Å²) < 4.78 is 0. The van der Waals surface area contributed by atoms with Crippen LogP contribution in [-0.2, 0) is 11.2 Å². The lowest BCUT2D eigenvalue weighted by Crippen LogP contribution is -2.45. The summed E-state index contributed by atoms with van der Waals surface area (Å²) in [6, 6.07) is 4.45. The normalized spacial score (nSPS) is 20.1. The maximum absolute atomic E-state index is 12.2. The Hall–Kier alpha value is -1.42. The molecule has 2 aliphatic rings. The van der Waals surface area contributed by atoms with Crippen molar-refractivity contribution in [1.82, 2.24) is 15.2 Å². The number of hydrogen-bond acceptors (Lipinski definition) is 3. The fourth-order valence-electron chi connectivity index (χ4n) is 2.78. The predicted octanol–water partition coefficient (Wildman–Crippen LogP) is 1.61. The lowest BCUT2D eigenvalue weighted by atomic mass is 10.0. The lowest BCUT2D eigenvalue weighted by Gasteiger charge is -2.32. The van der Waals surface area contributed by atoms with Crippen molar-refractivity contribution in [3.05, 3.63) is 30.1 Å². The molecule has 2 fully saturated rings. The van der Waals surface area contributed by atoms with E-state index >= 15 is 0 Å². The fourth-order valence-corrected chi connectivity index (χ4v) is 2.78. The number of piperidine rings is 1. The monoisotopic (exact) mass is 273 g/mol. The molecule has 1 aliphatic carbocycles. The largest absolute Gasteiger partial charge is 0.342 e. The van der Waals surface area contributed by atoms with Crippen LogP contribution in [-0.4, -0.2) is 41.5 Å². The van der Waals surface area contributed by atoms with Crippen LogP contribution < -0.4 is 5.32 Å². The van der Waals surface area contributed by atoms with Crippen LogP contribution in [0.3, 0.4) is 0 Å². The molecular weight excluding hydrogens is 250 g/mol. The van der Waals surface area contributed by atoms with Crippen LogP contribution in [0.2, 0.25) is 0 Å². The summed E-state index contributed by atoms with van der Waals surface area (Å²) in [6.45, 7) is 2.97. The van der Waals surface area contributed by atoms with E-state index in [2.05, 4.69) is 10.3 Å². The van der Waals surface area contributed by atoms with Gasteiger partial charge in [-0.05, 0) is 55.8 Å². The van der Waals surface area contributed by atoms with Gasteiger partial charge in [0.15, 0.2) is 0 Å². The van der Waals surface area contributed by atoms with Gasteiger partial charge in [0.05, 0.1) is 6.42 Å². The van der Waals surface area contributed by atoms with E-state index in [-0.39, 0.29) is 5.91 Å².